The molecule has 0 aromatic rings. The Labute approximate surface area is 130 Å². The lowest BCUT2D eigenvalue weighted by molar-refractivity contribution is -0.344. The number of aliphatic carboxylic acids is 2. The molecule has 0 aromatic heterocycles. The van der Waals surface area contributed by atoms with Crippen molar-refractivity contribution in [3.63, 3.8) is 0 Å². The van der Waals surface area contributed by atoms with E-state index in [1.54, 1.807) is 0 Å². The topological polar surface area (TPSA) is 148 Å². The number of carboxylic acids is 2. The highest BCUT2D eigenvalue weighted by molar-refractivity contribution is 5.88. The van der Waals surface area contributed by atoms with Gasteiger partial charge >= 0.3 is 0 Å². The van der Waals surface area contributed by atoms with Crippen molar-refractivity contribution in [3.05, 3.63) is 12.2 Å². The fraction of sp³-hybridized carbons (Fsp3) is 0.571. The Morgan fingerprint density at radius 2 is 1.35 bits per heavy atom. The van der Waals surface area contributed by atoms with E-state index in [4.69, 9.17) is 4.74 Å². The zero-order valence-electron chi connectivity index (χ0n) is 11.9. The first-order chi connectivity index (χ1) is 11.0. The Kier molecular flexibility index (Phi) is 4.56. The maximum atomic E-state index is 11.9. The van der Waals surface area contributed by atoms with Gasteiger partial charge in [0.25, 0.3) is 0 Å². The molecular formula is C14H12N2O7-2. The van der Waals surface area contributed by atoms with Crippen molar-refractivity contribution >= 4 is 24.1 Å². The maximum Gasteiger partial charge on any atom is 0.234 e. The van der Waals surface area contributed by atoms with E-state index in [0.717, 1.165) is 0 Å². The molecule has 122 valence electrons. The van der Waals surface area contributed by atoms with Crippen molar-refractivity contribution < 1.29 is 34.1 Å². The van der Waals surface area contributed by atoms with E-state index in [9.17, 15) is 29.4 Å². The number of fused-ring (bicyclic) bond motifs is 2. The summed E-state index contributed by atoms with van der Waals surface area (Å²) in [6, 6.07) is 0. The van der Waals surface area contributed by atoms with Gasteiger partial charge in [0.05, 0.1) is 48.1 Å². The molecule has 1 fully saturated rings. The molecule has 1 saturated heterocycles. The SMILES string of the molecule is O=C=NCCC1(C(=O)[O-])C2C=CC(O2)C1(CCN=C=O)C(=O)[O-]. The lowest BCUT2D eigenvalue weighted by Gasteiger charge is -2.50. The van der Waals surface area contributed by atoms with Crippen molar-refractivity contribution in [1.29, 1.82) is 0 Å². The summed E-state index contributed by atoms with van der Waals surface area (Å²) in [5.74, 6) is -3.29. The van der Waals surface area contributed by atoms with Gasteiger partial charge in [0.1, 0.15) is 0 Å². The highest BCUT2D eigenvalue weighted by Gasteiger charge is 2.68. The molecule has 0 aliphatic carbocycles. The third-order valence-corrected chi connectivity index (χ3v) is 4.61. The monoisotopic (exact) mass is 320 g/mol. The van der Waals surface area contributed by atoms with Crippen LogP contribution in [0.25, 0.3) is 0 Å². The molecule has 0 saturated carbocycles. The van der Waals surface area contributed by atoms with E-state index in [0.29, 0.717) is 0 Å². The number of carboxylic acid groups (broad SMARTS) is 2. The van der Waals surface area contributed by atoms with Crippen LogP contribution in [0.2, 0.25) is 0 Å². The number of hydrogen-bond donors (Lipinski definition) is 0. The number of carbonyl (C=O) groups is 2. The van der Waals surface area contributed by atoms with Crippen molar-refractivity contribution in [1.82, 2.24) is 0 Å². The third kappa shape index (κ3) is 2.22. The Bertz CT molecular complexity index is 594. The van der Waals surface area contributed by atoms with Gasteiger partial charge in [0.2, 0.25) is 12.2 Å². The lowest BCUT2D eigenvalue weighted by Crippen LogP contribution is -2.65. The minimum absolute atomic E-state index is 0.260. The first kappa shape index (κ1) is 16.8. The van der Waals surface area contributed by atoms with E-state index >= 15 is 0 Å². The molecule has 0 N–H and O–H groups in total. The lowest BCUT2D eigenvalue weighted by atomic mass is 9.54. The average Bonchev–Trinajstić information content (AvgIpc) is 3.08. The van der Waals surface area contributed by atoms with Crippen LogP contribution in [0.1, 0.15) is 12.8 Å². The van der Waals surface area contributed by atoms with Crippen LogP contribution in [-0.4, -0.2) is 49.4 Å². The van der Waals surface area contributed by atoms with Gasteiger partial charge in [-0.2, -0.15) is 0 Å². The van der Waals surface area contributed by atoms with Gasteiger partial charge < -0.3 is 24.5 Å². The molecule has 4 unspecified atom stereocenters. The number of hydrogen-bond acceptors (Lipinski definition) is 9. The van der Waals surface area contributed by atoms with Crippen LogP contribution in [0.4, 0.5) is 0 Å². The number of isocyanates is 2. The molecule has 0 amide bonds. The minimum atomic E-state index is -1.98. The molecule has 9 nitrogen and oxygen atoms in total. The van der Waals surface area contributed by atoms with E-state index in [2.05, 4.69) is 9.98 Å². The Morgan fingerprint density at radius 3 is 1.65 bits per heavy atom. The van der Waals surface area contributed by atoms with Gasteiger partial charge in [0, 0.05) is 0 Å². The van der Waals surface area contributed by atoms with Gasteiger partial charge in [-0.3, -0.25) is 0 Å². The van der Waals surface area contributed by atoms with Gasteiger partial charge in [-0.1, -0.05) is 12.2 Å². The van der Waals surface area contributed by atoms with Gasteiger partial charge in [0.15, 0.2) is 0 Å². The average molecular weight is 320 g/mol. The van der Waals surface area contributed by atoms with Crippen LogP contribution in [0.5, 0.6) is 0 Å². The fourth-order valence-corrected chi connectivity index (χ4v) is 3.61. The molecular weight excluding hydrogens is 308 g/mol. The van der Waals surface area contributed by atoms with Gasteiger partial charge in [-0.05, 0) is 12.8 Å². The summed E-state index contributed by atoms with van der Waals surface area (Å²) < 4.78 is 5.46. The largest absolute Gasteiger partial charge is 0.549 e. The van der Waals surface area contributed by atoms with E-state index in [1.165, 1.54) is 24.3 Å². The maximum absolute atomic E-state index is 11.9. The molecule has 4 atom stereocenters. The molecule has 2 rings (SSSR count). The predicted octanol–water partition coefficient (Wildman–Crippen LogP) is -2.75. The Morgan fingerprint density at radius 1 is 0.957 bits per heavy atom. The number of ether oxygens (including phenoxy) is 1. The normalized spacial score (nSPS) is 33.7. The van der Waals surface area contributed by atoms with Crippen LogP contribution in [-0.2, 0) is 23.9 Å². The molecule has 23 heavy (non-hydrogen) atoms. The standard InChI is InChI=1S/C14H14N2O7/c17-7-15-5-3-13(11(19)20)9-1-2-10(23-9)14(13,12(21)22)4-6-16-8-18/h1-2,9-10H,3-6H2,(H,19,20)(H,21,22)/p-2. The van der Waals surface area contributed by atoms with Crippen LogP contribution in [0, 0.1) is 10.8 Å². The molecule has 0 aromatic carbocycles. The molecule has 2 aliphatic rings. The number of aliphatic imine (C=N–C) groups is 2. The molecule has 2 bridgehead atoms. The first-order valence-corrected chi connectivity index (χ1v) is 6.81. The van der Waals surface area contributed by atoms with Crippen LogP contribution in [0.15, 0.2) is 22.1 Å². The smallest absolute Gasteiger partial charge is 0.234 e. The zero-order chi connectivity index (χ0) is 17.1. The number of nitrogens with zero attached hydrogens (tertiary/aromatic N) is 2. The Hall–Kier alpha value is -2.60. The van der Waals surface area contributed by atoms with Crippen molar-refractivity contribution in [2.45, 2.75) is 25.0 Å². The van der Waals surface area contributed by atoms with Gasteiger partial charge in [-0.15, -0.1) is 0 Å². The second-order valence-corrected chi connectivity index (χ2v) is 5.33. The molecule has 2 heterocycles. The van der Waals surface area contributed by atoms with Crippen LogP contribution in [0.3, 0.4) is 0 Å². The van der Waals surface area contributed by atoms with Gasteiger partial charge in [-0.25, -0.2) is 19.6 Å². The molecule has 0 spiro atoms. The third-order valence-electron chi connectivity index (χ3n) is 4.61. The highest BCUT2D eigenvalue weighted by atomic mass is 16.5. The van der Waals surface area contributed by atoms with Crippen molar-refractivity contribution in [2.24, 2.45) is 20.8 Å². The van der Waals surface area contributed by atoms with Crippen molar-refractivity contribution in [3.8, 4) is 0 Å². The van der Waals surface area contributed by atoms with Crippen molar-refractivity contribution in [2.75, 3.05) is 13.1 Å². The summed E-state index contributed by atoms with van der Waals surface area (Å²) in [6.45, 7) is -0.520. The predicted molar refractivity (Wildman–Crippen MR) is 67.9 cm³/mol. The van der Waals surface area contributed by atoms with E-state index in [1.807, 2.05) is 0 Å². The summed E-state index contributed by atoms with van der Waals surface area (Å²) in [4.78, 5) is 50.8. The first-order valence-electron chi connectivity index (χ1n) is 6.81. The summed E-state index contributed by atoms with van der Waals surface area (Å²) in [5.41, 5.74) is -3.96. The minimum Gasteiger partial charge on any atom is -0.549 e. The summed E-state index contributed by atoms with van der Waals surface area (Å²) >= 11 is 0. The summed E-state index contributed by atoms with van der Waals surface area (Å²) in [5, 5.41) is 23.8. The summed E-state index contributed by atoms with van der Waals surface area (Å²) in [6.07, 6.45) is 2.68. The molecule has 2 aliphatic heterocycles. The zero-order valence-corrected chi connectivity index (χ0v) is 11.9. The van der Waals surface area contributed by atoms with Crippen LogP contribution < -0.4 is 10.2 Å². The highest BCUT2D eigenvalue weighted by Crippen LogP contribution is 2.60. The van der Waals surface area contributed by atoms with E-state index in [-0.39, 0.29) is 25.9 Å². The summed E-state index contributed by atoms with van der Waals surface area (Å²) in [7, 11) is 0. The second kappa shape index (κ2) is 6.26. The van der Waals surface area contributed by atoms with E-state index < -0.39 is 35.0 Å². The number of carbonyl (C=O) groups excluding carboxylic acids is 4. The molecule has 9 heteroatoms. The second-order valence-electron chi connectivity index (χ2n) is 5.33. The Balaban J connectivity index is 2.55. The fourth-order valence-electron chi connectivity index (χ4n) is 3.61. The quantitative estimate of drug-likeness (QED) is 0.267. The molecule has 0 radical (unpaired) electrons. The van der Waals surface area contributed by atoms with Crippen LogP contribution >= 0.6 is 0 Å². The number of rotatable bonds is 8.